The van der Waals surface area contributed by atoms with Crippen LogP contribution in [0.25, 0.3) is 11.3 Å². The third kappa shape index (κ3) is 2.19. The van der Waals surface area contributed by atoms with E-state index in [9.17, 15) is 4.79 Å². The lowest BCUT2D eigenvalue weighted by molar-refractivity contribution is 0.100. The van der Waals surface area contributed by atoms with Gasteiger partial charge in [0.25, 0.3) is 0 Å². The minimum absolute atomic E-state index is 0.273. The number of benzene rings is 1. The van der Waals surface area contributed by atoms with Gasteiger partial charge in [0.15, 0.2) is 0 Å². The lowest BCUT2D eigenvalue weighted by Crippen LogP contribution is -2.10. The Hall–Kier alpha value is -1.94. The minimum atomic E-state index is -0.433. The van der Waals surface area contributed by atoms with E-state index in [1.807, 2.05) is 12.1 Å². The van der Waals surface area contributed by atoms with Gasteiger partial charge in [-0.2, -0.15) is 0 Å². The number of primary amides is 1. The Morgan fingerprint density at radius 2 is 1.89 bits per heavy atom. The van der Waals surface area contributed by atoms with Crippen molar-refractivity contribution < 1.29 is 4.79 Å². The molecule has 0 aliphatic heterocycles. The van der Waals surface area contributed by atoms with E-state index in [-0.39, 0.29) is 5.28 Å². The van der Waals surface area contributed by atoms with Gasteiger partial charge in [0.2, 0.25) is 11.2 Å². The SMILES string of the molecule is NC(=O)c1ccc(-c2nc(Cl)nc3c2CCC3)cc1. The molecule has 0 atom stereocenters. The van der Waals surface area contributed by atoms with Crippen molar-refractivity contribution in [3.63, 3.8) is 0 Å². The third-order valence-corrected chi connectivity index (χ3v) is 3.52. The fraction of sp³-hybridized carbons (Fsp3) is 0.214. The van der Waals surface area contributed by atoms with Crippen LogP contribution in [0, 0.1) is 0 Å². The summed E-state index contributed by atoms with van der Waals surface area (Å²) >= 11 is 5.96. The van der Waals surface area contributed by atoms with Gasteiger partial charge in [-0.1, -0.05) is 12.1 Å². The standard InChI is InChI=1S/C14H12ClN3O/c15-14-17-11-3-1-2-10(11)12(18-14)8-4-6-9(7-5-8)13(16)19/h4-7H,1-3H2,(H2,16,19). The Balaban J connectivity index is 2.09. The summed E-state index contributed by atoms with van der Waals surface area (Å²) in [4.78, 5) is 19.7. The first-order chi connectivity index (χ1) is 9.15. The molecule has 1 aliphatic carbocycles. The van der Waals surface area contributed by atoms with Crippen LogP contribution in [0.3, 0.4) is 0 Å². The van der Waals surface area contributed by atoms with Crippen molar-refractivity contribution in [1.82, 2.24) is 9.97 Å². The summed E-state index contributed by atoms with van der Waals surface area (Å²) in [6, 6.07) is 7.10. The van der Waals surface area contributed by atoms with Crippen LogP contribution in [0.15, 0.2) is 24.3 Å². The number of halogens is 1. The van der Waals surface area contributed by atoms with E-state index in [0.29, 0.717) is 5.56 Å². The molecule has 0 saturated carbocycles. The van der Waals surface area contributed by atoms with E-state index in [1.165, 1.54) is 0 Å². The number of hydrogen-bond donors (Lipinski definition) is 1. The molecule has 2 aromatic rings. The van der Waals surface area contributed by atoms with Crippen LogP contribution in [0.4, 0.5) is 0 Å². The summed E-state index contributed by atoms with van der Waals surface area (Å²) in [6.07, 6.45) is 3.00. The molecule has 0 fully saturated rings. The van der Waals surface area contributed by atoms with Crippen molar-refractivity contribution in [3.8, 4) is 11.3 Å². The summed E-state index contributed by atoms with van der Waals surface area (Å²) in [5, 5.41) is 0.273. The van der Waals surface area contributed by atoms with Crippen LogP contribution in [0.5, 0.6) is 0 Å². The number of amides is 1. The Morgan fingerprint density at radius 1 is 1.16 bits per heavy atom. The fourth-order valence-corrected chi connectivity index (χ4v) is 2.62. The second kappa shape index (κ2) is 4.63. The molecule has 5 heteroatoms. The molecule has 0 saturated heterocycles. The average Bonchev–Trinajstić information content (AvgIpc) is 2.85. The van der Waals surface area contributed by atoms with Gasteiger partial charge in [-0.25, -0.2) is 9.97 Å². The first-order valence-corrected chi connectivity index (χ1v) is 6.48. The molecule has 19 heavy (non-hydrogen) atoms. The van der Waals surface area contributed by atoms with Gasteiger partial charge >= 0.3 is 0 Å². The molecule has 0 unspecified atom stereocenters. The molecule has 2 N–H and O–H groups in total. The van der Waals surface area contributed by atoms with Crippen molar-refractivity contribution in [1.29, 1.82) is 0 Å². The van der Waals surface area contributed by atoms with Crippen LogP contribution < -0.4 is 5.73 Å². The largest absolute Gasteiger partial charge is 0.366 e. The Morgan fingerprint density at radius 3 is 2.58 bits per heavy atom. The number of aryl methyl sites for hydroxylation is 1. The number of nitrogens with zero attached hydrogens (tertiary/aromatic N) is 2. The van der Waals surface area contributed by atoms with Gasteiger partial charge in [-0.15, -0.1) is 0 Å². The van der Waals surface area contributed by atoms with Gasteiger partial charge < -0.3 is 5.73 Å². The Bertz CT molecular complexity index is 652. The molecule has 1 amide bonds. The normalized spacial score (nSPS) is 13.3. The van der Waals surface area contributed by atoms with Gasteiger partial charge in [-0.3, -0.25) is 4.79 Å². The van der Waals surface area contributed by atoms with Crippen LogP contribution in [-0.4, -0.2) is 15.9 Å². The smallest absolute Gasteiger partial charge is 0.248 e. The predicted molar refractivity (Wildman–Crippen MR) is 73.0 cm³/mol. The second-order valence-electron chi connectivity index (χ2n) is 4.56. The summed E-state index contributed by atoms with van der Waals surface area (Å²) in [5.41, 5.74) is 9.72. The van der Waals surface area contributed by atoms with E-state index in [4.69, 9.17) is 17.3 Å². The van der Waals surface area contributed by atoms with Crippen molar-refractivity contribution in [2.24, 2.45) is 5.73 Å². The number of nitrogens with two attached hydrogens (primary N) is 1. The maximum atomic E-state index is 11.1. The number of carbonyl (C=O) groups is 1. The van der Waals surface area contributed by atoms with Crippen molar-refractivity contribution in [2.75, 3.05) is 0 Å². The molecule has 0 bridgehead atoms. The van der Waals surface area contributed by atoms with Gasteiger partial charge in [0.05, 0.1) is 5.69 Å². The summed E-state index contributed by atoms with van der Waals surface area (Å²) in [6.45, 7) is 0. The molecule has 0 spiro atoms. The molecule has 1 heterocycles. The number of carbonyl (C=O) groups excluding carboxylic acids is 1. The molecule has 1 aliphatic rings. The highest BCUT2D eigenvalue weighted by molar-refractivity contribution is 6.28. The third-order valence-electron chi connectivity index (χ3n) is 3.35. The highest BCUT2D eigenvalue weighted by atomic mass is 35.5. The maximum absolute atomic E-state index is 11.1. The molecule has 4 nitrogen and oxygen atoms in total. The molecule has 3 rings (SSSR count). The van der Waals surface area contributed by atoms with E-state index in [1.54, 1.807) is 12.1 Å². The number of fused-ring (bicyclic) bond motifs is 1. The molecular formula is C14H12ClN3O. The predicted octanol–water partition coefficient (Wildman–Crippen LogP) is 2.38. The van der Waals surface area contributed by atoms with Crippen molar-refractivity contribution >= 4 is 17.5 Å². The zero-order valence-electron chi connectivity index (χ0n) is 10.2. The summed E-state index contributed by atoms with van der Waals surface area (Å²) < 4.78 is 0. The number of aromatic nitrogens is 2. The molecular weight excluding hydrogens is 262 g/mol. The second-order valence-corrected chi connectivity index (χ2v) is 4.90. The minimum Gasteiger partial charge on any atom is -0.366 e. The number of rotatable bonds is 2. The Labute approximate surface area is 115 Å². The van der Waals surface area contributed by atoms with Crippen molar-refractivity contribution in [3.05, 3.63) is 46.4 Å². The first-order valence-electron chi connectivity index (χ1n) is 6.10. The fourth-order valence-electron chi connectivity index (χ4n) is 2.43. The first kappa shape index (κ1) is 12.1. The summed E-state index contributed by atoms with van der Waals surface area (Å²) in [5.74, 6) is -0.433. The van der Waals surface area contributed by atoms with Gasteiger partial charge in [-0.05, 0) is 43.0 Å². The molecule has 1 aromatic carbocycles. The van der Waals surface area contributed by atoms with E-state index >= 15 is 0 Å². The zero-order valence-corrected chi connectivity index (χ0v) is 10.9. The van der Waals surface area contributed by atoms with Crippen molar-refractivity contribution in [2.45, 2.75) is 19.3 Å². The van der Waals surface area contributed by atoms with Crippen LogP contribution in [0.1, 0.15) is 28.0 Å². The van der Waals surface area contributed by atoms with E-state index in [2.05, 4.69) is 9.97 Å². The number of hydrogen-bond acceptors (Lipinski definition) is 3. The van der Waals surface area contributed by atoms with E-state index in [0.717, 1.165) is 41.8 Å². The Kier molecular flexibility index (Phi) is 2.95. The van der Waals surface area contributed by atoms with E-state index < -0.39 is 5.91 Å². The lowest BCUT2D eigenvalue weighted by Gasteiger charge is -2.08. The highest BCUT2D eigenvalue weighted by Crippen LogP contribution is 2.31. The summed E-state index contributed by atoms with van der Waals surface area (Å²) in [7, 11) is 0. The maximum Gasteiger partial charge on any atom is 0.248 e. The van der Waals surface area contributed by atoms with Gasteiger partial charge in [0, 0.05) is 22.4 Å². The lowest BCUT2D eigenvalue weighted by atomic mass is 10.0. The van der Waals surface area contributed by atoms with Crippen LogP contribution in [0.2, 0.25) is 5.28 Å². The monoisotopic (exact) mass is 273 g/mol. The van der Waals surface area contributed by atoms with Gasteiger partial charge in [0.1, 0.15) is 0 Å². The highest BCUT2D eigenvalue weighted by Gasteiger charge is 2.19. The topological polar surface area (TPSA) is 68.9 Å². The molecule has 0 radical (unpaired) electrons. The zero-order chi connectivity index (χ0) is 13.4. The molecule has 96 valence electrons. The average molecular weight is 274 g/mol. The molecule has 1 aromatic heterocycles. The quantitative estimate of drug-likeness (QED) is 0.854. The van der Waals surface area contributed by atoms with Crippen LogP contribution in [-0.2, 0) is 12.8 Å². The van der Waals surface area contributed by atoms with Crippen LogP contribution >= 0.6 is 11.6 Å².